The highest BCUT2D eigenvalue weighted by molar-refractivity contribution is 5.92. The van der Waals surface area contributed by atoms with Gasteiger partial charge < -0.3 is 19.7 Å². The number of carbonyl (C=O) groups excluding carboxylic acids is 2. The van der Waals surface area contributed by atoms with Crippen LogP contribution in [0.15, 0.2) is 42.6 Å². The van der Waals surface area contributed by atoms with Crippen molar-refractivity contribution in [2.75, 3.05) is 25.0 Å². The number of hydrogen-bond donors (Lipinski definition) is 1. The summed E-state index contributed by atoms with van der Waals surface area (Å²) in [4.78, 5) is 29.2. The van der Waals surface area contributed by atoms with Gasteiger partial charge in [0.25, 0.3) is 0 Å². The van der Waals surface area contributed by atoms with Gasteiger partial charge in [-0.3, -0.25) is 4.79 Å². The van der Waals surface area contributed by atoms with Crippen LogP contribution in [0.4, 0.5) is 23.7 Å². The molecule has 9 heteroatoms. The number of aryl methyl sites for hydroxylation is 1. The van der Waals surface area contributed by atoms with Crippen molar-refractivity contribution in [1.29, 1.82) is 0 Å². The lowest BCUT2D eigenvalue weighted by Crippen LogP contribution is -2.46. The minimum absolute atomic E-state index is 0.105. The maximum atomic E-state index is 13.2. The van der Waals surface area contributed by atoms with E-state index in [0.29, 0.717) is 19.6 Å². The number of nitrogens with zero attached hydrogens (tertiary/aromatic N) is 3. The molecule has 0 radical (unpaired) electrons. The lowest BCUT2D eigenvalue weighted by Gasteiger charge is -2.29. The molecular weight excluding hydrogens is 433 g/mol. The van der Waals surface area contributed by atoms with Crippen LogP contribution in [0.3, 0.4) is 0 Å². The second-order valence-electron chi connectivity index (χ2n) is 8.56. The molecule has 0 atom stereocenters. The van der Waals surface area contributed by atoms with E-state index in [0.717, 1.165) is 30.7 Å². The summed E-state index contributed by atoms with van der Waals surface area (Å²) in [5.41, 5.74) is 0.437. The van der Waals surface area contributed by atoms with Crippen LogP contribution in [0.25, 0.3) is 0 Å². The van der Waals surface area contributed by atoms with E-state index in [1.54, 1.807) is 4.90 Å². The van der Waals surface area contributed by atoms with Gasteiger partial charge in [-0.2, -0.15) is 13.2 Å². The first-order valence-corrected chi connectivity index (χ1v) is 11.1. The zero-order chi connectivity index (χ0) is 24.6. The molecule has 0 saturated carbocycles. The van der Waals surface area contributed by atoms with Crippen molar-refractivity contribution in [3.63, 3.8) is 0 Å². The Hall–Kier alpha value is -2.97. The van der Waals surface area contributed by atoms with Crippen molar-refractivity contribution in [2.45, 2.75) is 46.3 Å². The topological polar surface area (TPSA) is 57.6 Å². The minimum atomic E-state index is -4.45. The third-order valence-electron chi connectivity index (χ3n) is 5.20. The summed E-state index contributed by atoms with van der Waals surface area (Å²) in [5.74, 6) is -0.0685. The fourth-order valence-corrected chi connectivity index (χ4v) is 3.37. The molecule has 0 fully saturated rings. The SMILES string of the molecule is CCCCN(Cc1cccn1C)C(=O)CN(CC(C)C)C(=O)Nc1ccc(C(F)(F)F)cc1. The fourth-order valence-electron chi connectivity index (χ4n) is 3.37. The average Bonchev–Trinajstić information content (AvgIpc) is 3.14. The highest BCUT2D eigenvalue weighted by atomic mass is 19.4. The van der Waals surface area contributed by atoms with E-state index in [9.17, 15) is 22.8 Å². The molecule has 2 rings (SSSR count). The number of unbranched alkanes of at least 4 members (excludes halogenated alkanes) is 1. The van der Waals surface area contributed by atoms with Crippen LogP contribution < -0.4 is 5.32 Å². The molecule has 0 aliphatic rings. The average molecular weight is 467 g/mol. The molecule has 0 saturated heterocycles. The lowest BCUT2D eigenvalue weighted by atomic mass is 10.2. The third-order valence-corrected chi connectivity index (χ3v) is 5.20. The highest BCUT2D eigenvalue weighted by Crippen LogP contribution is 2.29. The molecule has 0 aliphatic carbocycles. The molecule has 1 N–H and O–H groups in total. The van der Waals surface area contributed by atoms with Gasteiger partial charge in [0.15, 0.2) is 0 Å². The van der Waals surface area contributed by atoms with Crippen molar-refractivity contribution in [2.24, 2.45) is 13.0 Å². The largest absolute Gasteiger partial charge is 0.416 e. The molecule has 2 aromatic rings. The van der Waals surface area contributed by atoms with Crippen LogP contribution in [0.2, 0.25) is 0 Å². The number of urea groups is 1. The van der Waals surface area contributed by atoms with E-state index in [4.69, 9.17) is 0 Å². The maximum Gasteiger partial charge on any atom is 0.416 e. The molecule has 1 heterocycles. The molecule has 0 bridgehead atoms. The molecule has 0 unspecified atom stereocenters. The van der Waals surface area contributed by atoms with E-state index < -0.39 is 17.8 Å². The van der Waals surface area contributed by atoms with E-state index in [1.807, 2.05) is 50.7 Å². The summed E-state index contributed by atoms with van der Waals surface area (Å²) in [6.45, 7) is 7.16. The second kappa shape index (κ2) is 11.8. The molecule has 1 aromatic heterocycles. The smallest absolute Gasteiger partial charge is 0.353 e. The summed E-state index contributed by atoms with van der Waals surface area (Å²) in [6.07, 6.45) is -0.752. The normalized spacial score (nSPS) is 11.5. The number of hydrogen-bond acceptors (Lipinski definition) is 2. The highest BCUT2D eigenvalue weighted by Gasteiger charge is 2.30. The number of benzene rings is 1. The number of rotatable bonds is 10. The summed E-state index contributed by atoms with van der Waals surface area (Å²) in [7, 11) is 1.92. The number of nitrogens with one attached hydrogen (secondary N) is 1. The standard InChI is InChI=1S/C24H33F3N4O2/c1-5-6-14-30(16-21-8-7-13-29(21)4)22(32)17-31(15-18(2)3)23(33)28-20-11-9-19(10-12-20)24(25,26)27/h7-13,18H,5-6,14-17H2,1-4H3,(H,28,33). The molecule has 3 amide bonds. The maximum absolute atomic E-state index is 13.2. The molecule has 182 valence electrons. The Bertz CT molecular complexity index is 907. The molecule has 0 spiro atoms. The number of anilines is 1. The van der Waals surface area contributed by atoms with E-state index >= 15 is 0 Å². The molecular formula is C24H33F3N4O2. The Morgan fingerprint density at radius 3 is 2.27 bits per heavy atom. The number of alkyl halides is 3. The Morgan fingerprint density at radius 2 is 1.76 bits per heavy atom. The number of carbonyl (C=O) groups is 2. The first-order chi connectivity index (χ1) is 15.5. The van der Waals surface area contributed by atoms with Crippen LogP contribution in [-0.2, 0) is 24.6 Å². The van der Waals surface area contributed by atoms with Gasteiger partial charge in [-0.25, -0.2) is 4.79 Å². The van der Waals surface area contributed by atoms with E-state index in [1.165, 1.54) is 17.0 Å². The van der Waals surface area contributed by atoms with Crippen molar-refractivity contribution < 1.29 is 22.8 Å². The Labute approximate surface area is 193 Å². The Balaban J connectivity index is 2.12. The number of halogens is 3. The Kier molecular flexibility index (Phi) is 9.37. The zero-order valence-corrected chi connectivity index (χ0v) is 19.7. The predicted molar refractivity (Wildman–Crippen MR) is 123 cm³/mol. The van der Waals surface area contributed by atoms with Crippen LogP contribution in [0.5, 0.6) is 0 Å². The van der Waals surface area contributed by atoms with E-state index in [2.05, 4.69) is 5.32 Å². The first kappa shape index (κ1) is 26.3. The van der Waals surface area contributed by atoms with Crippen molar-refractivity contribution >= 4 is 17.6 Å². The lowest BCUT2D eigenvalue weighted by molar-refractivity contribution is -0.137. The molecule has 1 aromatic carbocycles. The first-order valence-electron chi connectivity index (χ1n) is 11.1. The van der Waals surface area contributed by atoms with Crippen LogP contribution >= 0.6 is 0 Å². The van der Waals surface area contributed by atoms with Gasteiger partial charge in [0.05, 0.1) is 12.1 Å². The van der Waals surface area contributed by atoms with Crippen molar-refractivity contribution in [3.8, 4) is 0 Å². The summed E-state index contributed by atoms with van der Waals surface area (Å²) in [5, 5.41) is 2.61. The monoisotopic (exact) mass is 466 g/mol. The van der Waals surface area contributed by atoms with Crippen molar-refractivity contribution in [3.05, 3.63) is 53.9 Å². The summed E-state index contributed by atoms with van der Waals surface area (Å²) < 4.78 is 40.3. The predicted octanol–water partition coefficient (Wildman–Crippen LogP) is 5.36. The fraction of sp³-hybridized carbons (Fsp3) is 0.500. The minimum Gasteiger partial charge on any atom is -0.353 e. The second-order valence-corrected chi connectivity index (χ2v) is 8.56. The van der Waals surface area contributed by atoms with Gasteiger partial charge >= 0.3 is 12.2 Å². The van der Waals surface area contributed by atoms with Crippen LogP contribution in [-0.4, -0.2) is 45.9 Å². The molecule has 0 aliphatic heterocycles. The van der Waals surface area contributed by atoms with Crippen molar-refractivity contribution in [1.82, 2.24) is 14.4 Å². The summed E-state index contributed by atoms with van der Waals surface area (Å²) in [6, 6.07) is 7.60. The number of amides is 3. The number of aromatic nitrogens is 1. The van der Waals surface area contributed by atoms with Gasteiger partial charge in [0.2, 0.25) is 5.91 Å². The van der Waals surface area contributed by atoms with Gasteiger partial charge in [-0.15, -0.1) is 0 Å². The molecule has 33 heavy (non-hydrogen) atoms. The van der Waals surface area contributed by atoms with Gasteiger partial charge in [-0.1, -0.05) is 27.2 Å². The van der Waals surface area contributed by atoms with Gasteiger partial charge in [0.1, 0.15) is 6.54 Å². The van der Waals surface area contributed by atoms with Gasteiger partial charge in [0, 0.05) is 37.7 Å². The zero-order valence-electron chi connectivity index (χ0n) is 19.7. The Morgan fingerprint density at radius 1 is 1.09 bits per heavy atom. The van der Waals surface area contributed by atoms with Gasteiger partial charge in [-0.05, 0) is 48.7 Å². The van der Waals surface area contributed by atoms with Crippen LogP contribution in [0, 0.1) is 5.92 Å². The molecule has 6 nitrogen and oxygen atoms in total. The van der Waals surface area contributed by atoms with Crippen LogP contribution in [0.1, 0.15) is 44.9 Å². The third kappa shape index (κ3) is 8.14. The van der Waals surface area contributed by atoms with E-state index in [-0.39, 0.29) is 24.1 Å². The summed E-state index contributed by atoms with van der Waals surface area (Å²) >= 11 is 0. The quantitative estimate of drug-likeness (QED) is 0.512.